The third-order valence-corrected chi connectivity index (χ3v) is 6.49. The molecule has 1 aliphatic heterocycles. The molecule has 21 heavy (non-hydrogen) atoms. The van der Waals surface area contributed by atoms with Gasteiger partial charge in [0.15, 0.2) is 5.03 Å². The number of hydrogen-bond donors (Lipinski definition) is 2. The molecule has 1 aromatic heterocycles. The van der Waals surface area contributed by atoms with Gasteiger partial charge in [0.2, 0.25) is 0 Å². The number of nitrogens with one attached hydrogen (secondary N) is 1. The molecule has 2 heterocycles. The molecule has 116 valence electrons. The lowest BCUT2D eigenvalue weighted by Gasteiger charge is -2.28. The lowest BCUT2D eigenvalue weighted by atomic mass is 9.97. The first-order valence-corrected chi connectivity index (χ1v) is 8.74. The van der Waals surface area contributed by atoms with Crippen LogP contribution in [0.25, 0.3) is 0 Å². The summed E-state index contributed by atoms with van der Waals surface area (Å²) in [6, 6.07) is 0.00226. The largest absolute Gasteiger partial charge is 0.478 e. The quantitative estimate of drug-likeness (QED) is 0.875. The predicted molar refractivity (Wildman–Crippen MR) is 74.4 cm³/mol. The van der Waals surface area contributed by atoms with E-state index in [9.17, 15) is 13.2 Å². The molecule has 0 radical (unpaired) electrons. The van der Waals surface area contributed by atoms with Gasteiger partial charge in [0.1, 0.15) is 5.56 Å². The summed E-state index contributed by atoms with van der Waals surface area (Å²) in [6.45, 7) is 0.460. The highest BCUT2D eigenvalue weighted by Crippen LogP contribution is 2.38. The molecule has 0 aromatic carbocycles. The molecule has 0 spiro atoms. The van der Waals surface area contributed by atoms with E-state index in [4.69, 9.17) is 5.11 Å². The second kappa shape index (κ2) is 5.42. The van der Waals surface area contributed by atoms with Gasteiger partial charge in [-0.05, 0) is 31.6 Å². The maximum Gasteiger partial charge on any atom is 0.340 e. The fourth-order valence-electron chi connectivity index (χ4n) is 3.62. The van der Waals surface area contributed by atoms with Gasteiger partial charge >= 0.3 is 5.97 Å². The molecule has 2 fully saturated rings. The number of rotatable bonds is 4. The number of aromatic carboxylic acids is 1. The molecular weight excluding hydrogens is 294 g/mol. The summed E-state index contributed by atoms with van der Waals surface area (Å²) in [5, 5.41) is 14.8. The smallest absolute Gasteiger partial charge is 0.340 e. The minimum Gasteiger partial charge on any atom is -0.478 e. The third-order valence-electron chi connectivity index (χ3n) is 4.59. The second-order valence-corrected chi connectivity index (χ2v) is 7.62. The molecule has 1 unspecified atom stereocenters. The molecule has 1 aliphatic carbocycles. The summed E-state index contributed by atoms with van der Waals surface area (Å²) in [7, 11) is -3.82. The average molecular weight is 313 g/mol. The van der Waals surface area contributed by atoms with Crippen molar-refractivity contribution in [3.05, 3.63) is 11.8 Å². The summed E-state index contributed by atoms with van der Waals surface area (Å²) in [6.07, 6.45) is 7.17. The van der Waals surface area contributed by atoms with Crippen LogP contribution in [0.1, 0.15) is 48.9 Å². The van der Waals surface area contributed by atoms with Gasteiger partial charge in [-0.1, -0.05) is 12.8 Å². The van der Waals surface area contributed by atoms with Crippen molar-refractivity contribution < 1.29 is 18.3 Å². The van der Waals surface area contributed by atoms with Crippen molar-refractivity contribution in [2.75, 3.05) is 6.54 Å². The Morgan fingerprint density at radius 3 is 2.67 bits per heavy atom. The first-order chi connectivity index (χ1) is 10.0. The predicted octanol–water partition coefficient (Wildman–Crippen LogP) is 1.45. The number of carbonyl (C=O) groups is 1. The maximum absolute atomic E-state index is 12.8. The van der Waals surface area contributed by atoms with E-state index in [1.54, 1.807) is 0 Å². The highest BCUT2D eigenvalue weighted by atomic mass is 32.2. The number of nitrogens with zero attached hydrogens (tertiary/aromatic N) is 2. The first kappa shape index (κ1) is 14.5. The van der Waals surface area contributed by atoms with E-state index in [2.05, 4.69) is 10.2 Å². The molecule has 3 rings (SSSR count). The Kier molecular flexibility index (Phi) is 3.75. The summed E-state index contributed by atoms with van der Waals surface area (Å²) in [5.41, 5.74) is -0.285. The number of aromatic amines is 1. The monoisotopic (exact) mass is 313 g/mol. The van der Waals surface area contributed by atoms with Crippen LogP contribution in [0.5, 0.6) is 0 Å². The van der Waals surface area contributed by atoms with Gasteiger partial charge in [-0.15, -0.1) is 0 Å². The molecular formula is C13H19N3O4S. The Balaban J connectivity index is 1.93. The number of carboxylic acids is 1. The highest BCUT2D eigenvalue weighted by Gasteiger charge is 2.42. The molecule has 0 bridgehead atoms. The van der Waals surface area contributed by atoms with Crippen LogP contribution in [0.15, 0.2) is 11.2 Å². The van der Waals surface area contributed by atoms with Crippen molar-refractivity contribution in [3.8, 4) is 0 Å². The molecule has 1 saturated heterocycles. The van der Waals surface area contributed by atoms with Gasteiger partial charge in [-0.2, -0.15) is 9.40 Å². The van der Waals surface area contributed by atoms with Crippen LogP contribution in [0.3, 0.4) is 0 Å². The Morgan fingerprint density at radius 2 is 2.00 bits per heavy atom. The molecule has 1 atom stereocenters. The molecule has 2 N–H and O–H groups in total. The van der Waals surface area contributed by atoms with Gasteiger partial charge in [-0.3, -0.25) is 5.10 Å². The minimum atomic E-state index is -3.82. The summed E-state index contributed by atoms with van der Waals surface area (Å²) < 4.78 is 27.0. The Labute approximate surface area is 123 Å². The van der Waals surface area contributed by atoms with Crippen molar-refractivity contribution in [1.82, 2.24) is 14.5 Å². The second-order valence-electron chi connectivity index (χ2n) is 5.79. The Hall–Kier alpha value is -1.41. The van der Waals surface area contributed by atoms with E-state index in [1.165, 1.54) is 4.31 Å². The zero-order valence-corrected chi connectivity index (χ0v) is 12.5. The maximum atomic E-state index is 12.8. The number of sulfonamides is 1. The van der Waals surface area contributed by atoms with Gasteiger partial charge < -0.3 is 5.11 Å². The fourth-order valence-corrected chi connectivity index (χ4v) is 5.44. The van der Waals surface area contributed by atoms with E-state index >= 15 is 0 Å². The van der Waals surface area contributed by atoms with E-state index < -0.39 is 16.0 Å². The van der Waals surface area contributed by atoms with E-state index in [-0.39, 0.29) is 16.6 Å². The van der Waals surface area contributed by atoms with Crippen LogP contribution >= 0.6 is 0 Å². The number of carboxylic acid groups (broad SMARTS) is 1. The molecule has 7 nitrogen and oxygen atoms in total. The van der Waals surface area contributed by atoms with E-state index in [1.807, 2.05) is 0 Å². The lowest BCUT2D eigenvalue weighted by molar-refractivity contribution is 0.0692. The fraction of sp³-hybridized carbons (Fsp3) is 0.692. The number of hydrogen-bond acceptors (Lipinski definition) is 4. The van der Waals surface area contributed by atoms with Gasteiger partial charge in [0.25, 0.3) is 10.0 Å². The first-order valence-electron chi connectivity index (χ1n) is 7.30. The average Bonchev–Trinajstić information content (AvgIpc) is 3.18. The van der Waals surface area contributed by atoms with Crippen LogP contribution in [0, 0.1) is 5.92 Å². The third kappa shape index (κ3) is 2.46. The Morgan fingerprint density at radius 1 is 1.29 bits per heavy atom. The van der Waals surface area contributed by atoms with Crippen LogP contribution in [-0.4, -0.2) is 46.6 Å². The number of aromatic nitrogens is 2. The summed E-state index contributed by atoms with van der Waals surface area (Å²) in [5.74, 6) is -0.877. The Bertz CT molecular complexity index is 634. The van der Waals surface area contributed by atoms with E-state index in [0.29, 0.717) is 12.5 Å². The van der Waals surface area contributed by atoms with Gasteiger partial charge in [0, 0.05) is 12.6 Å². The molecule has 2 aliphatic rings. The van der Waals surface area contributed by atoms with Crippen LogP contribution in [0.2, 0.25) is 0 Å². The van der Waals surface area contributed by atoms with Crippen LogP contribution in [0.4, 0.5) is 0 Å². The van der Waals surface area contributed by atoms with Crippen LogP contribution < -0.4 is 0 Å². The van der Waals surface area contributed by atoms with Crippen LogP contribution in [-0.2, 0) is 10.0 Å². The van der Waals surface area contributed by atoms with E-state index in [0.717, 1.165) is 44.7 Å². The van der Waals surface area contributed by atoms with Crippen molar-refractivity contribution in [2.24, 2.45) is 5.92 Å². The zero-order valence-electron chi connectivity index (χ0n) is 11.7. The van der Waals surface area contributed by atoms with Crippen molar-refractivity contribution >= 4 is 16.0 Å². The number of H-pyrrole nitrogens is 1. The summed E-state index contributed by atoms with van der Waals surface area (Å²) >= 11 is 0. The molecule has 8 heteroatoms. The SMILES string of the molecule is O=C(O)c1cn[nH]c1S(=O)(=O)N1CCCC1C1CCCC1. The summed E-state index contributed by atoms with van der Waals surface area (Å²) in [4.78, 5) is 11.1. The lowest BCUT2D eigenvalue weighted by Crippen LogP contribution is -2.40. The highest BCUT2D eigenvalue weighted by molar-refractivity contribution is 7.89. The zero-order chi connectivity index (χ0) is 15.0. The molecule has 0 amide bonds. The van der Waals surface area contributed by atoms with Gasteiger partial charge in [0.05, 0.1) is 6.20 Å². The van der Waals surface area contributed by atoms with Crippen molar-refractivity contribution in [2.45, 2.75) is 49.6 Å². The van der Waals surface area contributed by atoms with Crippen molar-refractivity contribution in [1.29, 1.82) is 0 Å². The van der Waals surface area contributed by atoms with Gasteiger partial charge in [-0.25, -0.2) is 13.2 Å². The molecule has 1 saturated carbocycles. The standard InChI is InChI=1S/C13H19N3O4S/c17-13(18)10-8-14-15-12(10)21(19,20)16-7-3-6-11(16)9-4-1-2-5-9/h8-9,11H,1-7H2,(H,14,15)(H,17,18). The molecule has 1 aromatic rings. The topological polar surface area (TPSA) is 103 Å². The van der Waals surface area contributed by atoms with Crippen molar-refractivity contribution in [3.63, 3.8) is 0 Å². The normalized spacial score (nSPS) is 24.7. The minimum absolute atomic E-state index is 0.00226.